The molecule has 1 aromatic carbocycles. The maximum Gasteiger partial charge on any atom is 0.405 e. The van der Waals surface area contributed by atoms with Crippen molar-refractivity contribution in [1.29, 1.82) is 0 Å². The molecule has 0 bridgehead atoms. The average Bonchev–Trinajstić information content (AvgIpc) is 2.50. The van der Waals surface area contributed by atoms with E-state index in [1.54, 1.807) is 35.6 Å². The van der Waals surface area contributed by atoms with Gasteiger partial charge in [-0.25, -0.2) is 9.59 Å². The number of nitrogens with one attached hydrogen (secondary N) is 2. The van der Waals surface area contributed by atoms with Gasteiger partial charge in [0.2, 0.25) is 0 Å². The number of urea groups is 1. The number of benzene rings is 1. The lowest BCUT2D eigenvalue weighted by Crippen LogP contribution is -2.46. The van der Waals surface area contributed by atoms with Crippen molar-refractivity contribution in [2.75, 3.05) is 13.2 Å². The second-order valence-electron chi connectivity index (χ2n) is 4.75. The summed E-state index contributed by atoms with van der Waals surface area (Å²) in [4.78, 5) is 34.0. The Bertz CT molecular complexity index is 578. The zero-order chi connectivity index (χ0) is 18.2. The van der Waals surface area contributed by atoms with Crippen LogP contribution in [0, 0.1) is 0 Å². The van der Waals surface area contributed by atoms with Crippen molar-refractivity contribution in [3.63, 3.8) is 0 Å². The van der Waals surface area contributed by atoms with Gasteiger partial charge in [0, 0.05) is 6.42 Å². The van der Waals surface area contributed by atoms with Crippen LogP contribution in [0.2, 0.25) is 0 Å². The maximum atomic E-state index is 11.9. The second kappa shape index (κ2) is 8.75. The molecule has 0 aliphatic rings. The van der Waals surface area contributed by atoms with E-state index in [-0.39, 0.29) is 6.42 Å². The highest BCUT2D eigenvalue weighted by atomic mass is 19.4. The van der Waals surface area contributed by atoms with E-state index in [0.29, 0.717) is 5.56 Å². The Hall–Kier alpha value is -2.78. The smallest absolute Gasteiger partial charge is 0.405 e. The largest absolute Gasteiger partial charge is 0.454 e. The molecule has 4 N–H and O–H groups in total. The third kappa shape index (κ3) is 8.01. The molecular weight excluding hydrogens is 331 g/mol. The standard InChI is InChI=1S/C14H16F3N3O4/c15-14(16,17)8-19-11(21)7-24-12(22)10(20-13(18)23)6-9-4-2-1-3-5-9/h1-5,10H,6-8H2,(H,19,21)(H3,18,20,23)/t10-/m0/s1. The van der Waals surface area contributed by atoms with Crippen molar-refractivity contribution in [3.05, 3.63) is 35.9 Å². The molecule has 0 unspecified atom stereocenters. The Morgan fingerprint density at radius 3 is 2.33 bits per heavy atom. The predicted molar refractivity (Wildman–Crippen MR) is 76.7 cm³/mol. The molecule has 0 spiro atoms. The van der Waals surface area contributed by atoms with Gasteiger partial charge in [-0.3, -0.25) is 4.79 Å². The number of nitrogens with two attached hydrogens (primary N) is 1. The lowest BCUT2D eigenvalue weighted by atomic mass is 10.1. The minimum atomic E-state index is -4.57. The monoisotopic (exact) mass is 347 g/mol. The normalized spacial score (nSPS) is 12.1. The number of hydrogen-bond donors (Lipinski definition) is 3. The van der Waals surface area contributed by atoms with Crippen LogP contribution in [-0.4, -0.2) is 43.3 Å². The summed E-state index contributed by atoms with van der Waals surface area (Å²) in [6.45, 7) is -2.43. The molecule has 0 aromatic heterocycles. The molecule has 7 nitrogen and oxygen atoms in total. The number of carbonyl (C=O) groups is 3. The molecule has 1 aromatic rings. The van der Waals surface area contributed by atoms with Crippen LogP contribution in [0.3, 0.4) is 0 Å². The summed E-state index contributed by atoms with van der Waals surface area (Å²) in [5.41, 5.74) is 5.66. The molecule has 0 fully saturated rings. The van der Waals surface area contributed by atoms with E-state index in [4.69, 9.17) is 5.73 Å². The number of halogens is 3. The second-order valence-corrected chi connectivity index (χ2v) is 4.75. The first-order chi connectivity index (χ1) is 11.2. The van der Waals surface area contributed by atoms with Crippen molar-refractivity contribution < 1.29 is 32.3 Å². The molecule has 0 aliphatic heterocycles. The summed E-state index contributed by atoms with van der Waals surface area (Å²) in [5.74, 6) is -2.10. The van der Waals surface area contributed by atoms with Gasteiger partial charge >= 0.3 is 18.2 Å². The molecule has 24 heavy (non-hydrogen) atoms. The molecule has 1 atom stereocenters. The predicted octanol–water partition coefficient (Wildman–Crippen LogP) is 0.488. The Morgan fingerprint density at radius 1 is 1.17 bits per heavy atom. The van der Waals surface area contributed by atoms with Crippen molar-refractivity contribution in [3.8, 4) is 0 Å². The van der Waals surface area contributed by atoms with Gasteiger partial charge in [0.25, 0.3) is 5.91 Å². The van der Waals surface area contributed by atoms with Gasteiger partial charge < -0.3 is 21.1 Å². The first-order valence-electron chi connectivity index (χ1n) is 6.77. The highest BCUT2D eigenvalue weighted by molar-refractivity contribution is 5.85. The van der Waals surface area contributed by atoms with Gasteiger partial charge in [-0.15, -0.1) is 0 Å². The Kier molecular flexibility index (Phi) is 7.02. The minimum absolute atomic E-state index is 0.0484. The molecule has 3 amide bonds. The van der Waals surface area contributed by atoms with Crippen molar-refractivity contribution in [2.45, 2.75) is 18.6 Å². The van der Waals surface area contributed by atoms with Gasteiger partial charge in [-0.1, -0.05) is 30.3 Å². The lowest BCUT2D eigenvalue weighted by molar-refractivity contribution is -0.152. The van der Waals surface area contributed by atoms with Gasteiger partial charge in [-0.05, 0) is 5.56 Å². The van der Waals surface area contributed by atoms with Gasteiger partial charge in [0.1, 0.15) is 12.6 Å². The molecule has 0 saturated carbocycles. The summed E-state index contributed by atoms with van der Waals surface area (Å²) in [6, 6.07) is 6.43. The number of carbonyl (C=O) groups excluding carboxylic acids is 3. The van der Waals surface area contributed by atoms with E-state index < -0.39 is 43.3 Å². The molecule has 0 heterocycles. The molecule has 0 radical (unpaired) electrons. The SMILES string of the molecule is NC(=O)N[C@@H](Cc1ccccc1)C(=O)OCC(=O)NCC(F)(F)F. The van der Waals surface area contributed by atoms with E-state index >= 15 is 0 Å². The fourth-order valence-corrected chi connectivity index (χ4v) is 1.70. The number of alkyl halides is 3. The number of amides is 3. The zero-order valence-corrected chi connectivity index (χ0v) is 12.4. The molecule has 0 saturated heterocycles. The molecule has 132 valence electrons. The number of primary amides is 1. The summed E-state index contributed by atoms with van der Waals surface area (Å²) in [6.07, 6.45) is -4.52. The molecular formula is C14H16F3N3O4. The Labute approximate surface area is 135 Å². The van der Waals surface area contributed by atoms with Gasteiger partial charge in [0.05, 0.1) is 0 Å². The van der Waals surface area contributed by atoms with Crippen molar-refractivity contribution in [2.24, 2.45) is 5.73 Å². The maximum absolute atomic E-state index is 11.9. The summed E-state index contributed by atoms with van der Waals surface area (Å²) < 4.78 is 40.5. The minimum Gasteiger partial charge on any atom is -0.454 e. The number of hydrogen-bond acceptors (Lipinski definition) is 4. The van der Waals surface area contributed by atoms with E-state index in [1.165, 1.54) is 0 Å². The van der Waals surface area contributed by atoms with Crippen LogP contribution >= 0.6 is 0 Å². The summed E-state index contributed by atoms with van der Waals surface area (Å²) in [7, 11) is 0. The number of ether oxygens (including phenoxy) is 1. The van der Waals surface area contributed by atoms with Crippen LogP contribution in [0.1, 0.15) is 5.56 Å². The number of rotatable bonds is 7. The van der Waals surface area contributed by atoms with E-state index in [0.717, 1.165) is 0 Å². The fraction of sp³-hybridized carbons (Fsp3) is 0.357. The molecule has 0 aliphatic carbocycles. The van der Waals surface area contributed by atoms with Crippen LogP contribution in [0.25, 0.3) is 0 Å². The lowest BCUT2D eigenvalue weighted by Gasteiger charge is -2.16. The fourth-order valence-electron chi connectivity index (χ4n) is 1.70. The Morgan fingerprint density at radius 2 is 1.79 bits per heavy atom. The van der Waals surface area contributed by atoms with Crippen molar-refractivity contribution in [1.82, 2.24) is 10.6 Å². The van der Waals surface area contributed by atoms with Gasteiger partial charge in [-0.2, -0.15) is 13.2 Å². The summed E-state index contributed by atoms with van der Waals surface area (Å²) in [5, 5.41) is 3.71. The van der Waals surface area contributed by atoms with Crippen LogP contribution in [-0.2, 0) is 20.7 Å². The van der Waals surface area contributed by atoms with E-state index in [1.807, 2.05) is 0 Å². The highest BCUT2D eigenvalue weighted by Gasteiger charge is 2.28. The zero-order valence-electron chi connectivity index (χ0n) is 12.4. The highest BCUT2D eigenvalue weighted by Crippen LogP contribution is 2.12. The van der Waals surface area contributed by atoms with Crippen LogP contribution in [0.5, 0.6) is 0 Å². The van der Waals surface area contributed by atoms with E-state index in [2.05, 4.69) is 10.1 Å². The third-order valence-electron chi connectivity index (χ3n) is 2.72. The Balaban J connectivity index is 2.55. The van der Waals surface area contributed by atoms with Crippen molar-refractivity contribution >= 4 is 17.9 Å². The first kappa shape index (κ1) is 19.3. The number of esters is 1. The molecule has 1 rings (SSSR count). The molecule has 10 heteroatoms. The van der Waals surface area contributed by atoms with Crippen LogP contribution < -0.4 is 16.4 Å². The quantitative estimate of drug-likeness (QED) is 0.623. The topological polar surface area (TPSA) is 111 Å². The third-order valence-corrected chi connectivity index (χ3v) is 2.72. The van der Waals surface area contributed by atoms with Gasteiger partial charge in [0.15, 0.2) is 6.61 Å². The van der Waals surface area contributed by atoms with Crippen LogP contribution in [0.4, 0.5) is 18.0 Å². The van der Waals surface area contributed by atoms with E-state index in [9.17, 15) is 27.6 Å². The first-order valence-corrected chi connectivity index (χ1v) is 6.77. The average molecular weight is 347 g/mol. The summed E-state index contributed by atoms with van der Waals surface area (Å²) >= 11 is 0. The van der Waals surface area contributed by atoms with Crippen LogP contribution in [0.15, 0.2) is 30.3 Å².